The summed E-state index contributed by atoms with van der Waals surface area (Å²) in [5, 5.41) is 0. The first kappa shape index (κ1) is 15.8. The highest BCUT2D eigenvalue weighted by molar-refractivity contribution is 5.67. The van der Waals surface area contributed by atoms with Crippen molar-refractivity contribution in [3.8, 4) is 11.5 Å². The van der Waals surface area contributed by atoms with E-state index >= 15 is 0 Å². The van der Waals surface area contributed by atoms with Gasteiger partial charge in [0.15, 0.2) is 0 Å². The lowest BCUT2D eigenvalue weighted by Crippen LogP contribution is -1.95. The second-order valence-electron chi connectivity index (χ2n) is 5.29. The van der Waals surface area contributed by atoms with Gasteiger partial charge in [0, 0.05) is 6.20 Å². The van der Waals surface area contributed by atoms with Crippen molar-refractivity contribution in [1.29, 1.82) is 0 Å². The SMILES string of the molecule is COc1ccc(OCc2ccc(/C=C/c3ccccn3)cc2)cc1. The van der Waals surface area contributed by atoms with E-state index in [1.807, 2.05) is 48.5 Å². The van der Waals surface area contributed by atoms with E-state index < -0.39 is 0 Å². The predicted molar refractivity (Wildman–Crippen MR) is 96.9 cm³/mol. The largest absolute Gasteiger partial charge is 0.497 e. The normalized spacial score (nSPS) is 10.7. The van der Waals surface area contributed by atoms with E-state index in [0.29, 0.717) is 6.61 Å². The molecule has 1 aromatic heterocycles. The summed E-state index contributed by atoms with van der Waals surface area (Å²) in [6, 6.07) is 21.8. The fourth-order valence-corrected chi connectivity index (χ4v) is 2.22. The van der Waals surface area contributed by atoms with E-state index in [4.69, 9.17) is 9.47 Å². The zero-order chi connectivity index (χ0) is 16.6. The lowest BCUT2D eigenvalue weighted by molar-refractivity contribution is 0.305. The van der Waals surface area contributed by atoms with E-state index in [9.17, 15) is 0 Å². The van der Waals surface area contributed by atoms with Crippen LogP contribution in [0.5, 0.6) is 11.5 Å². The number of methoxy groups -OCH3 is 1. The van der Waals surface area contributed by atoms with Gasteiger partial charge in [-0.25, -0.2) is 0 Å². The fraction of sp³-hybridized carbons (Fsp3) is 0.0952. The van der Waals surface area contributed by atoms with Crippen molar-refractivity contribution < 1.29 is 9.47 Å². The van der Waals surface area contributed by atoms with Crippen LogP contribution in [0.2, 0.25) is 0 Å². The van der Waals surface area contributed by atoms with Crippen LogP contribution in [0.4, 0.5) is 0 Å². The molecule has 0 aliphatic heterocycles. The molecule has 2 aromatic carbocycles. The molecule has 0 fully saturated rings. The van der Waals surface area contributed by atoms with E-state index in [-0.39, 0.29) is 0 Å². The van der Waals surface area contributed by atoms with Crippen LogP contribution in [0.3, 0.4) is 0 Å². The molecule has 3 heteroatoms. The molecule has 0 bridgehead atoms. The number of hydrogen-bond acceptors (Lipinski definition) is 3. The van der Waals surface area contributed by atoms with Crippen molar-refractivity contribution in [3.05, 3.63) is 89.7 Å². The smallest absolute Gasteiger partial charge is 0.120 e. The van der Waals surface area contributed by atoms with Crippen LogP contribution >= 0.6 is 0 Å². The molecular weight excluding hydrogens is 298 g/mol. The number of benzene rings is 2. The molecule has 0 aliphatic rings. The van der Waals surface area contributed by atoms with Gasteiger partial charge < -0.3 is 9.47 Å². The Morgan fingerprint density at radius 2 is 1.58 bits per heavy atom. The Balaban J connectivity index is 1.57. The molecule has 3 rings (SSSR count). The maximum absolute atomic E-state index is 5.78. The van der Waals surface area contributed by atoms with Crippen molar-refractivity contribution in [3.63, 3.8) is 0 Å². The zero-order valence-electron chi connectivity index (χ0n) is 13.6. The first-order valence-corrected chi connectivity index (χ1v) is 7.78. The zero-order valence-corrected chi connectivity index (χ0v) is 13.6. The molecule has 1 heterocycles. The summed E-state index contributed by atoms with van der Waals surface area (Å²) < 4.78 is 10.9. The monoisotopic (exact) mass is 317 g/mol. The third-order valence-electron chi connectivity index (χ3n) is 3.58. The van der Waals surface area contributed by atoms with Gasteiger partial charge in [-0.2, -0.15) is 0 Å². The van der Waals surface area contributed by atoms with Gasteiger partial charge in [-0.1, -0.05) is 36.4 Å². The summed E-state index contributed by atoms with van der Waals surface area (Å²) >= 11 is 0. The average Bonchev–Trinajstić information content (AvgIpc) is 2.67. The number of nitrogens with zero attached hydrogens (tertiary/aromatic N) is 1. The molecule has 3 nitrogen and oxygen atoms in total. The van der Waals surface area contributed by atoms with Gasteiger partial charge in [-0.3, -0.25) is 4.98 Å². The summed E-state index contributed by atoms with van der Waals surface area (Å²) in [7, 11) is 1.65. The lowest BCUT2D eigenvalue weighted by atomic mass is 10.1. The van der Waals surface area contributed by atoms with Crippen LogP contribution < -0.4 is 9.47 Å². The Labute approximate surface area is 142 Å². The molecule has 0 saturated heterocycles. The van der Waals surface area contributed by atoms with E-state index in [0.717, 1.165) is 28.3 Å². The Morgan fingerprint density at radius 3 is 2.25 bits per heavy atom. The molecular formula is C21H19NO2. The Kier molecular flexibility index (Phi) is 5.25. The molecule has 0 amide bonds. The highest BCUT2D eigenvalue weighted by Gasteiger charge is 1.97. The third-order valence-corrected chi connectivity index (χ3v) is 3.58. The summed E-state index contributed by atoms with van der Waals surface area (Å²) in [6.07, 6.45) is 5.85. The highest BCUT2D eigenvalue weighted by Crippen LogP contribution is 2.18. The van der Waals surface area contributed by atoms with Gasteiger partial charge >= 0.3 is 0 Å². The quantitative estimate of drug-likeness (QED) is 0.652. The van der Waals surface area contributed by atoms with Gasteiger partial charge in [0.25, 0.3) is 0 Å². The van der Waals surface area contributed by atoms with E-state index in [2.05, 4.69) is 35.3 Å². The molecule has 0 N–H and O–H groups in total. The topological polar surface area (TPSA) is 31.4 Å². The van der Waals surface area contributed by atoms with Crippen LogP contribution in [0.25, 0.3) is 12.2 Å². The molecule has 120 valence electrons. The standard InChI is InChI=1S/C21H19NO2/c1-23-20-11-13-21(14-12-20)24-16-18-7-5-17(6-8-18)9-10-19-4-2-3-15-22-19/h2-15H,16H2,1H3/b10-9+. The molecule has 0 atom stereocenters. The van der Waals surface area contributed by atoms with Gasteiger partial charge in [0.05, 0.1) is 12.8 Å². The van der Waals surface area contributed by atoms with Crippen molar-refractivity contribution in [2.24, 2.45) is 0 Å². The second-order valence-corrected chi connectivity index (χ2v) is 5.29. The molecule has 0 saturated carbocycles. The number of hydrogen-bond donors (Lipinski definition) is 0. The molecule has 0 radical (unpaired) electrons. The molecule has 0 aliphatic carbocycles. The molecule has 3 aromatic rings. The Hall–Kier alpha value is -3.07. The number of ether oxygens (including phenoxy) is 2. The number of aromatic nitrogens is 1. The third kappa shape index (κ3) is 4.46. The van der Waals surface area contributed by atoms with Crippen LogP contribution in [-0.4, -0.2) is 12.1 Å². The second kappa shape index (κ2) is 7.97. The Bertz CT molecular complexity index is 778. The predicted octanol–water partition coefficient (Wildman–Crippen LogP) is 4.84. The summed E-state index contributed by atoms with van der Waals surface area (Å²) in [6.45, 7) is 0.538. The summed E-state index contributed by atoms with van der Waals surface area (Å²) in [5.74, 6) is 1.65. The van der Waals surface area contributed by atoms with Crippen molar-refractivity contribution in [1.82, 2.24) is 4.98 Å². The molecule has 0 spiro atoms. The van der Waals surface area contributed by atoms with Gasteiger partial charge in [0.2, 0.25) is 0 Å². The Morgan fingerprint density at radius 1 is 0.833 bits per heavy atom. The highest BCUT2D eigenvalue weighted by atomic mass is 16.5. The van der Waals surface area contributed by atoms with Crippen LogP contribution in [-0.2, 0) is 6.61 Å². The molecule has 24 heavy (non-hydrogen) atoms. The van der Waals surface area contributed by atoms with Gasteiger partial charge in [-0.15, -0.1) is 0 Å². The maximum Gasteiger partial charge on any atom is 0.120 e. The molecule has 0 unspecified atom stereocenters. The van der Waals surface area contributed by atoms with Gasteiger partial charge in [-0.05, 0) is 53.6 Å². The number of pyridine rings is 1. The minimum Gasteiger partial charge on any atom is -0.497 e. The van der Waals surface area contributed by atoms with Crippen molar-refractivity contribution in [2.75, 3.05) is 7.11 Å². The summed E-state index contributed by atoms with van der Waals surface area (Å²) in [5.41, 5.74) is 3.21. The minimum atomic E-state index is 0.538. The summed E-state index contributed by atoms with van der Waals surface area (Å²) in [4.78, 5) is 4.27. The first-order valence-electron chi connectivity index (χ1n) is 7.78. The van der Waals surface area contributed by atoms with Gasteiger partial charge in [0.1, 0.15) is 18.1 Å². The van der Waals surface area contributed by atoms with Crippen LogP contribution in [0.1, 0.15) is 16.8 Å². The van der Waals surface area contributed by atoms with Crippen LogP contribution in [0.15, 0.2) is 72.9 Å². The minimum absolute atomic E-state index is 0.538. The lowest BCUT2D eigenvalue weighted by Gasteiger charge is -2.07. The van der Waals surface area contributed by atoms with E-state index in [1.54, 1.807) is 13.3 Å². The first-order chi connectivity index (χ1) is 11.8. The number of rotatable bonds is 6. The van der Waals surface area contributed by atoms with Crippen molar-refractivity contribution >= 4 is 12.2 Å². The maximum atomic E-state index is 5.78. The van der Waals surface area contributed by atoms with Crippen molar-refractivity contribution in [2.45, 2.75) is 6.61 Å². The van der Waals surface area contributed by atoms with Crippen LogP contribution in [0, 0.1) is 0 Å². The van der Waals surface area contributed by atoms with E-state index in [1.165, 1.54) is 0 Å². The average molecular weight is 317 g/mol. The fourth-order valence-electron chi connectivity index (χ4n) is 2.22.